The van der Waals surface area contributed by atoms with Crippen molar-refractivity contribution in [3.8, 4) is 5.75 Å². The zero-order valence-electron chi connectivity index (χ0n) is 10.3. The number of halogens is 1. The summed E-state index contributed by atoms with van der Waals surface area (Å²) in [6.07, 6.45) is -0.361. The van der Waals surface area contributed by atoms with Gasteiger partial charge in [0.15, 0.2) is 0 Å². The smallest absolute Gasteiger partial charge is 0.338 e. The number of aromatic carboxylic acids is 1. The summed E-state index contributed by atoms with van der Waals surface area (Å²) in [5.74, 6) is -1.35. The van der Waals surface area contributed by atoms with Crippen molar-refractivity contribution in [3.05, 3.63) is 65.5 Å². The summed E-state index contributed by atoms with van der Waals surface area (Å²) in [5, 5.41) is 8.76. The molecule has 3 nitrogen and oxygen atoms in total. The van der Waals surface area contributed by atoms with Crippen molar-refractivity contribution < 1.29 is 19.0 Å². The average molecular weight is 260 g/mol. The molecule has 0 fully saturated rings. The fourth-order valence-electron chi connectivity index (χ4n) is 1.73. The third kappa shape index (κ3) is 3.10. The van der Waals surface area contributed by atoms with Crippen molar-refractivity contribution in [1.29, 1.82) is 0 Å². The molecule has 0 saturated heterocycles. The van der Waals surface area contributed by atoms with E-state index in [0.717, 1.165) is 0 Å². The van der Waals surface area contributed by atoms with Gasteiger partial charge in [0.25, 0.3) is 0 Å². The summed E-state index contributed by atoms with van der Waals surface area (Å²) >= 11 is 0. The van der Waals surface area contributed by atoms with Crippen LogP contribution in [0.2, 0.25) is 0 Å². The summed E-state index contributed by atoms with van der Waals surface area (Å²) in [7, 11) is 0. The Labute approximate surface area is 110 Å². The zero-order chi connectivity index (χ0) is 13.8. The summed E-state index contributed by atoms with van der Waals surface area (Å²) in [6.45, 7) is 1.78. The molecule has 0 aliphatic rings. The van der Waals surface area contributed by atoms with Crippen molar-refractivity contribution in [2.45, 2.75) is 13.0 Å². The Morgan fingerprint density at radius 1 is 1.21 bits per heavy atom. The molecule has 2 aromatic carbocycles. The van der Waals surface area contributed by atoms with E-state index in [-0.39, 0.29) is 11.7 Å². The van der Waals surface area contributed by atoms with E-state index in [2.05, 4.69) is 0 Å². The second-order valence-electron chi connectivity index (χ2n) is 4.12. The summed E-state index contributed by atoms with van der Waals surface area (Å²) < 4.78 is 19.2. The zero-order valence-corrected chi connectivity index (χ0v) is 10.3. The van der Waals surface area contributed by atoms with E-state index in [1.807, 2.05) is 18.2 Å². The SMILES string of the molecule is CC(Oc1ccccc1)c1ccc(C(=O)O)c(F)c1. The number of carbonyl (C=O) groups is 1. The van der Waals surface area contributed by atoms with Gasteiger partial charge in [0.05, 0.1) is 5.56 Å². The molecule has 2 rings (SSSR count). The fourth-order valence-corrected chi connectivity index (χ4v) is 1.73. The number of para-hydroxylation sites is 1. The summed E-state index contributed by atoms with van der Waals surface area (Å²) in [5.41, 5.74) is 0.252. The molecule has 19 heavy (non-hydrogen) atoms. The maximum Gasteiger partial charge on any atom is 0.338 e. The Balaban J connectivity index is 2.18. The van der Waals surface area contributed by atoms with E-state index in [0.29, 0.717) is 11.3 Å². The quantitative estimate of drug-likeness (QED) is 0.912. The molecule has 0 aromatic heterocycles. The Morgan fingerprint density at radius 3 is 2.47 bits per heavy atom. The molecule has 4 heteroatoms. The van der Waals surface area contributed by atoms with Crippen LogP contribution in [-0.2, 0) is 0 Å². The van der Waals surface area contributed by atoms with Crippen LogP contribution in [0, 0.1) is 5.82 Å². The molecule has 2 aromatic rings. The monoisotopic (exact) mass is 260 g/mol. The first-order valence-electron chi connectivity index (χ1n) is 5.82. The van der Waals surface area contributed by atoms with Gasteiger partial charge in [-0.1, -0.05) is 24.3 Å². The van der Waals surface area contributed by atoms with Crippen molar-refractivity contribution in [3.63, 3.8) is 0 Å². The molecule has 0 amide bonds. The minimum atomic E-state index is -1.28. The van der Waals surface area contributed by atoms with Crippen molar-refractivity contribution >= 4 is 5.97 Å². The predicted octanol–water partition coefficient (Wildman–Crippen LogP) is 3.66. The Morgan fingerprint density at radius 2 is 1.89 bits per heavy atom. The average Bonchev–Trinajstić information content (AvgIpc) is 2.39. The molecule has 0 radical (unpaired) electrons. The predicted molar refractivity (Wildman–Crippen MR) is 68.8 cm³/mol. The van der Waals surface area contributed by atoms with Gasteiger partial charge in [0, 0.05) is 0 Å². The second-order valence-corrected chi connectivity index (χ2v) is 4.12. The van der Waals surface area contributed by atoms with E-state index >= 15 is 0 Å². The third-order valence-corrected chi connectivity index (χ3v) is 2.75. The first-order chi connectivity index (χ1) is 9.08. The highest BCUT2D eigenvalue weighted by Gasteiger charge is 2.14. The van der Waals surface area contributed by atoms with E-state index in [9.17, 15) is 9.18 Å². The molecular weight excluding hydrogens is 247 g/mol. The van der Waals surface area contributed by atoms with Crippen LogP contribution in [0.25, 0.3) is 0 Å². The first-order valence-corrected chi connectivity index (χ1v) is 5.82. The number of carboxylic acids is 1. The van der Waals surface area contributed by atoms with Crippen molar-refractivity contribution in [2.75, 3.05) is 0 Å². The van der Waals surface area contributed by atoms with Crippen LogP contribution < -0.4 is 4.74 Å². The number of ether oxygens (including phenoxy) is 1. The highest BCUT2D eigenvalue weighted by Crippen LogP contribution is 2.23. The second kappa shape index (κ2) is 5.52. The van der Waals surface area contributed by atoms with Crippen LogP contribution in [0.15, 0.2) is 48.5 Å². The Bertz CT molecular complexity index is 581. The van der Waals surface area contributed by atoms with E-state index in [4.69, 9.17) is 9.84 Å². The molecule has 0 spiro atoms. The third-order valence-electron chi connectivity index (χ3n) is 2.75. The van der Waals surface area contributed by atoms with Crippen LogP contribution >= 0.6 is 0 Å². The minimum absolute atomic E-state index is 0.337. The molecule has 1 atom stereocenters. The molecular formula is C15H13FO3. The van der Waals surface area contributed by atoms with E-state index in [1.165, 1.54) is 12.1 Å². The Kier molecular flexibility index (Phi) is 3.80. The number of carboxylic acid groups (broad SMARTS) is 1. The Hall–Kier alpha value is -2.36. The number of hydrogen-bond acceptors (Lipinski definition) is 2. The lowest BCUT2D eigenvalue weighted by Crippen LogP contribution is -2.06. The first kappa shape index (κ1) is 13.1. The van der Waals surface area contributed by atoms with Gasteiger partial charge in [-0.3, -0.25) is 0 Å². The normalized spacial score (nSPS) is 11.9. The molecule has 1 N–H and O–H groups in total. The molecule has 0 aliphatic carbocycles. The van der Waals surface area contributed by atoms with Crippen molar-refractivity contribution in [1.82, 2.24) is 0 Å². The van der Waals surface area contributed by atoms with Gasteiger partial charge in [-0.25, -0.2) is 9.18 Å². The largest absolute Gasteiger partial charge is 0.486 e. The number of rotatable bonds is 4. The van der Waals surface area contributed by atoms with Gasteiger partial charge < -0.3 is 9.84 Å². The van der Waals surface area contributed by atoms with Gasteiger partial charge >= 0.3 is 5.97 Å². The van der Waals surface area contributed by atoms with Crippen LogP contribution in [0.3, 0.4) is 0 Å². The molecule has 98 valence electrons. The van der Waals surface area contributed by atoms with Crippen LogP contribution in [0.1, 0.15) is 28.9 Å². The minimum Gasteiger partial charge on any atom is -0.486 e. The van der Waals surface area contributed by atoms with Gasteiger partial charge in [-0.05, 0) is 36.8 Å². The lowest BCUT2D eigenvalue weighted by Gasteiger charge is -2.15. The molecule has 0 heterocycles. The van der Waals surface area contributed by atoms with Crippen LogP contribution in [-0.4, -0.2) is 11.1 Å². The number of benzene rings is 2. The van der Waals surface area contributed by atoms with E-state index in [1.54, 1.807) is 25.1 Å². The van der Waals surface area contributed by atoms with Gasteiger partial charge in [0.2, 0.25) is 0 Å². The summed E-state index contributed by atoms with van der Waals surface area (Å²) in [4.78, 5) is 10.7. The maximum absolute atomic E-state index is 13.6. The lowest BCUT2D eigenvalue weighted by molar-refractivity contribution is 0.0691. The highest BCUT2D eigenvalue weighted by atomic mass is 19.1. The van der Waals surface area contributed by atoms with Crippen LogP contribution in [0.4, 0.5) is 4.39 Å². The van der Waals surface area contributed by atoms with E-state index < -0.39 is 11.8 Å². The van der Waals surface area contributed by atoms with Gasteiger partial charge in [-0.2, -0.15) is 0 Å². The topological polar surface area (TPSA) is 46.5 Å². The molecule has 1 unspecified atom stereocenters. The van der Waals surface area contributed by atoms with Crippen LogP contribution in [0.5, 0.6) is 5.75 Å². The standard InChI is InChI=1S/C15H13FO3/c1-10(19-12-5-3-2-4-6-12)11-7-8-13(15(17)18)14(16)9-11/h2-10H,1H3,(H,17,18). The molecule has 0 saturated carbocycles. The van der Waals surface area contributed by atoms with Gasteiger partial charge in [0.1, 0.15) is 17.7 Å². The fraction of sp³-hybridized carbons (Fsp3) is 0.133. The van der Waals surface area contributed by atoms with Gasteiger partial charge in [-0.15, -0.1) is 0 Å². The van der Waals surface area contributed by atoms with Crippen molar-refractivity contribution in [2.24, 2.45) is 0 Å². The summed E-state index contributed by atoms with van der Waals surface area (Å²) in [6, 6.07) is 13.2. The molecule has 0 bridgehead atoms. The maximum atomic E-state index is 13.6. The molecule has 0 aliphatic heterocycles. The number of hydrogen-bond donors (Lipinski definition) is 1. The highest BCUT2D eigenvalue weighted by molar-refractivity contribution is 5.87. The lowest BCUT2D eigenvalue weighted by atomic mass is 10.1.